The number of non-ortho nitro benzene ring substituents is 1. The number of nitro benzene ring substituents is 1. The molecule has 0 aromatic heterocycles. The molecule has 2 aromatic rings. The first-order chi connectivity index (χ1) is 21.1. The number of hydrogen-bond donors (Lipinski definition) is 4. The van der Waals surface area contributed by atoms with Crippen LogP contribution in [-0.2, 0) is 26.5 Å². The molecule has 0 saturated carbocycles. The SMILES string of the molecule is C[C@H](/C=C/CC(=O)N1CCC[C@H]1CO)[C@@]1(O)C(=O)N(Cc2ccc(NC(=O)C3CCCNC3)cc2)c2ccc([N+](=O)[O-])cc21. The molecule has 2 aromatic carbocycles. The highest BCUT2D eigenvalue weighted by molar-refractivity contribution is 6.07. The van der Waals surface area contributed by atoms with Crippen molar-refractivity contribution in [2.45, 2.75) is 57.2 Å². The fourth-order valence-corrected chi connectivity index (χ4v) is 6.38. The molecule has 12 heteroatoms. The van der Waals surface area contributed by atoms with Gasteiger partial charge in [0.2, 0.25) is 11.8 Å². The second kappa shape index (κ2) is 13.2. The van der Waals surface area contributed by atoms with Gasteiger partial charge in [0.25, 0.3) is 11.6 Å². The Kier molecular flexibility index (Phi) is 9.42. The molecule has 0 aliphatic carbocycles. The lowest BCUT2D eigenvalue weighted by Gasteiger charge is -2.28. The first kappa shape index (κ1) is 31.3. The summed E-state index contributed by atoms with van der Waals surface area (Å²) in [4.78, 5) is 53.3. The van der Waals surface area contributed by atoms with E-state index in [0.29, 0.717) is 24.5 Å². The van der Waals surface area contributed by atoms with Gasteiger partial charge in [0, 0.05) is 48.8 Å². The van der Waals surface area contributed by atoms with Gasteiger partial charge in [-0.25, -0.2) is 0 Å². The van der Waals surface area contributed by atoms with Gasteiger partial charge >= 0.3 is 0 Å². The Bertz CT molecular complexity index is 1440. The summed E-state index contributed by atoms with van der Waals surface area (Å²) in [6.45, 7) is 3.77. The van der Waals surface area contributed by atoms with E-state index in [0.717, 1.165) is 37.8 Å². The number of hydrogen-bond acceptors (Lipinski definition) is 8. The van der Waals surface area contributed by atoms with Crippen LogP contribution in [0.2, 0.25) is 0 Å². The maximum Gasteiger partial charge on any atom is 0.269 e. The van der Waals surface area contributed by atoms with Crippen molar-refractivity contribution in [1.29, 1.82) is 0 Å². The molecule has 12 nitrogen and oxygen atoms in total. The van der Waals surface area contributed by atoms with Gasteiger partial charge < -0.3 is 30.6 Å². The predicted octanol–water partition coefficient (Wildman–Crippen LogP) is 2.83. The van der Waals surface area contributed by atoms with Crippen LogP contribution in [0.15, 0.2) is 54.6 Å². The molecule has 234 valence electrons. The zero-order chi connectivity index (χ0) is 31.4. The highest BCUT2D eigenvalue weighted by atomic mass is 16.6. The molecule has 3 amide bonds. The van der Waals surface area contributed by atoms with Gasteiger partial charge in [0.05, 0.1) is 35.7 Å². The number of carbonyl (C=O) groups is 3. The fraction of sp³-hybridized carbons (Fsp3) is 0.469. The first-order valence-electron chi connectivity index (χ1n) is 15.1. The summed E-state index contributed by atoms with van der Waals surface area (Å²) in [7, 11) is 0. The summed E-state index contributed by atoms with van der Waals surface area (Å²) in [5, 5.41) is 39.2. The largest absolute Gasteiger partial charge is 0.394 e. The van der Waals surface area contributed by atoms with Crippen LogP contribution in [0.1, 0.15) is 50.2 Å². The Labute approximate surface area is 255 Å². The molecule has 3 heterocycles. The summed E-state index contributed by atoms with van der Waals surface area (Å²) < 4.78 is 0. The molecule has 0 bridgehead atoms. The number of likely N-dealkylation sites (tertiary alicyclic amines) is 1. The summed E-state index contributed by atoms with van der Waals surface area (Å²) in [6.07, 6.45) is 6.59. The molecule has 2 fully saturated rings. The van der Waals surface area contributed by atoms with E-state index in [4.69, 9.17) is 0 Å². The predicted molar refractivity (Wildman–Crippen MR) is 164 cm³/mol. The van der Waals surface area contributed by atoms with E-state index in [2.05, 4.69) is 10.6 Å². The van der Waals surface area contributed by atoms with E-state index < -0.39 is 22.3 Å². The van der Waals surface area contributed by atoms with Gasteiger partial charge in [-0.05, 0) is 56.0 Å². The average Bonchev–Trinajstić information content (AvgIpc) is 3.60. The van der Waals surface area contributed by atoms with Crippen LogP contribution in [0, 0.1) is 22.0 Å². The molecule has 5 rings (SSSR count). The van der Waals surface area contributed by atoms with Gasteiger partial charge in [0.15, 0.2) is 5.60 Å². The van der Waals surface area contributed by atoms with Crippen LogP contribution < -0.4 is 15.5 Å². The van der Waals surface area contributed by atoms with E-state index in [-0.39, 0.29) is 54.6 Å². The summed E-state index contributed by atoms with van der Waals surface area (Å²) in [5.74, 6) is -1.72. The van der Waals surface area contributed by atoms with Gasteiger partial charge in [0.1, 0.15) is 0 Å². The number of aliphatic hydroxyl groups is 2. The van der Waals surface area contributed by atoms with Crippen LogP contribution in [0.4, 0.5) is 17.1 Å². The third-order valence-electron chi connectivity index (χ3n) is 8.98. The van der Waals surface area contributed by atoms with Gasteiger partial charge in [-0.3, -0.25) is 24.5 Å². The molecule has 4 atom stereocenters. The summed E-state index contributed by atoms with van der Waals surface area (Å²) >= 11 is 0. The first-order valence-corrected chi connectivity index (χ1v) is 15.1. The molecule has 3 aliphatic rings. The fourth-order valence-electron chi connectivity index (χ4n) is 6.38. The van der Waals surface area contributed by atoms with Crippen LogP contribution in [-0.4, -0.2) is 70.0 Å². The van der Waals surface area contributed by atoms with Crippen LogP contribution in [0.3, 0.4) is 0 Å². The van der Waals surface area contributed by atoms with Gasteiger partial charge in [-0.1, -0.05) is 31.2 Å². The lowest BCUT2D eigenvalue weighted by Crippen LogP contribution is -2.44. The van der Waals surface area contributed by atoms with Crippen molar-refractivity contribution in [2.24, 2.45) is 11.8 Å². The summed E-state index contributed by atoms with van der Waals surface area (Å²) in [6, 6.07) is 10.9. The standard InChI is InChI=1S/C32H39N5O7/c1-21(5-2-8-29(39)35-16-4-7-26(35)20-38)32(42)27-17-25(37(43)44)13-14-28(27)36(31(32)41)19-22-9-11-24(12-10-22)34-30(40)23-6-3-15-33-18-23/h2,5,9-14,17,21,23,26,33,38,42H,3-4,6-8,15-16,18-20H2,1H3,(H,34,40)/b5-2+/t21-,23?,26+,32+/m1/s1. The molecule has 44 heavy (non-hydrogen) atoms. The highest BCUT2D eigenvalue weighted by Gasteiger charge is 2.53. The Morgan fingerprint density at radius 3 is 2.66 bits per heavy atom. The van der Waals surface area contributed by atoms with Crippen molar-refractivity contribution in [3.8, 4) is 0 Å². The number of nitro groups is 1. The number of amides is 3. The Hall–Kier alpha value is -4.13. The zero-order valence-corrected chi connectivity index (χ0v) is 24.8. The molecule has 0 radical (unpaired) electrons. The van der Waals surface area contributed by atoms with Gasteiger partial charge in [-0.2, -0.15) is 0 Å². The van der Waals surface area contributed by atoms with E-state index in [1.807, 2.05) is 0 Å². The second-order valence-corrected chi connectivity index (χ2v) is 11.8. The van der Waals surface area contributed by atoms with E-state index >= 15 is 0 Å². The lowest BCUT2D eigenvalue weighted by atomic mass is 9.82. The minimum absolute atomic E-state index is 0.0385. The number of carbonyl (C=O) groups excluding carboxylic acids is 3. The maximum atomic E-state index is 13.9. The zero-order valence-electron chi connectivity index (χ0n) is 24.8. The van der Waals surface area contributed by atoms with Crippen LogP contribution in [0.25, 0.3) is 0 Å². The maximum absolute atomic E-state index is 13.9. The third-order valence-corrected chi connectivity index (χ3v) is 8.98. The monoisotopic (exact) mass is 605 g/mol. The molecule has 2 saturated heterocycles. The molecular formula is C32H39N5O7. The van der Waals surface area contributed by atoms with Crippen molar-refractivity contribution in [3.63, 3.8) is 0 Å². The quantitative estimate of drug-likeness (QED) is 0.182. The Morgan fingerprint density at radius 2 is 1.98 bits per heavy atom. The van der Waals surface area contributed by atoms with Crippen molar-refractivity contribution in [2.75, 3.05) is 36.5 Å². The molecule has 1 unspecified atom stereocenters. The van der Waals surface area contributed by atoms with Gasteiger partial charge in [-0.15, -0.1) is 0 Å². The number of nitrogens with one attached hydrogen (secondary N) is 2. The Balaban J connectivity index is 1.33. The van der Waals surface area contributed by atoms with Crippen molar-refractivity contribution < 1.29 is 29.5 Å². The minimum atomic E-state index is -2.09. The smallest absolute Gasteiger partial charge is 0.269 e. The third kappa shape index (κ3) is 6.23. The average molecular weight is 606 g/mol. The number of benzene rings is 2. The van der Waals surface area contributed by atoms with E-state index in [1.54, 1.807) is 48.2 Å². The topological polar surface area (TPSA) is 165 Å². The van der Waals surface area contributed by atoms with E-state index in [9.17, 15) is 34.7 Å². The van der Waals surface area contributed by atoms with Crippen LogP contribution >= 0.6 is 0 Å². The number of rotatable bonds is 10. The van der Waals surface area contributed by atoms with E-state index in [1.165, 1.54) is 23.1 Å². The molecule has 4 N–H and O–H groups in total. The normalized spacial score (nSPS) is 24.0. The molecule has 0 spiro atoms. The number of piperidine rings is 1. The van der Waals surface area contributed by atoms with Crippen molar-refractivity contribution >= 4 is 34.8 Å². The molecule has 3 aliphatic heterocycles. The van der Waals surface area contributed by atoms with Crippen LogP contribution in [0.5, 0.6) is 0 Å². The number of anilines is 2. The highest BCUT2D eigenvalue weighted by Crippen LogP contribution is 2.47. The second-order valence-electron chi connectivity index (χ2n) is 11.8. The summed E-state index contributed by atoms with van der Waals surface area (Å²) in [5.41, 5.74) is -0.473. The van der Waals surface area contributed by atoms with Crippen molar-refractivity contribution in [3.05, 3.63) is 75.9 Å². The lowest BCUT2D eigenvalue weighted by molar-refractivity contribution is -0.385. The Morgan fingerprint density at radius 1 is 1.20 bits per heavy atom. The molecular weight excluding hydrogens is 566 g/mol. The minimum Gasteiger partial charge on any atom is -0.394 e. The van der Waals surface area contributed by atoms with Crippen molar-refractivity contribution in [1.82, 2.24) is 10.2 Å². The number of nitrogens with zero attached hydrogens (tertiary/aromatic N) is 3. The number of aliphatic hydroxyl groups excluding tert-OH is 1. The number of fused-ring (bicyclic) bond motifs is 1.